The summed E-state index contributed by atoms with van der Waals surface area (Å²) in [4.78, 5) is 14.5. The standard InChI is InChI=1S/C8H10N2O/c1-2-6-3-7(8(9)11)5-10-4-6/h3-5H,2H2,1H3,(H2,9,11). The van der Waals surface area contributed by atoms with Crippen LogP contribution in [0, 0.1) is 0 Å². The van der Waals surface area contributed by atoms with Crippen LogP contribution in [0.2, 0.25) is 0 Å². The molecular formula is C8H10N2O. The van der Waals surface area contributed by atoms with Crippen molar-refractivity contribution in [2.24, 2.45) is 5.73 Å². The minimum Gasteiger partial charge on any atom is -0.366 e. The number of hydrogen-bond acceptors (Lipinski definition) is 2. The van der Waals surface area contributed by atoms with Gasteiger partial charge in [0, 0.05) is 12.4 Å². The first-order valence-corrected chi connectivity index (χ1v) is 3.47. The Morgan fingerprint density at radius 3 is 2.91 bits per heavy atom. The van der Waals surface area contributed by atoms with E-state index in [0.29, 0.717) is 5.56 Å². The molecule has 1 rings (SSSR count). The normalized spacial score (nSPS) is 9.55. The second-order valence-corrected chi connectivity index (χ2v) is 2.30. The maximum Gasteiger partial charge on any atom is 0.250 e. The van der Waals surface area contributed by atoms with E-state index in [4.69, 9.17) is 5.73 Å². The first-order valence-electron chi connectivity index (χ1n) is 3.47. The molecule has 0 aromatic carbocycles. The molecule has 0 fully saturated rings. The van der Waals surface area contributed by atoms with E-state index in [1.54, 1.807) is 12.3 Å². The number of amides is 1. The lowest BCUT2D eigenvalue weighted by Crippen LogP contribution is -2.11. The van der Waals surface area contributed by atoms with Gasteiger partial charge in [-0.1, -0.05) is 6.92 Å². The van der Waals surface area contributed by atoms with Gasteiger partial charge in [0.1, 0.15) is 0 Å². The van der Waals surface area contributed by atoms with E-state index in [0.717, 1.165) is 12.0 Å². The summed E-state index contributed by atoms with van der Waals surface area (Å²) in [5.74, 6) is -0.423. The van der Waals surface area contributed by atoms with E-state index in [-0.39, 0.29) is 0 Å². The summed E-state index contributed by atoms with van der Waals surface area (Å²) in [6.07, 6.45) is 4.07. The van der Waals surface area contributed by atoms with E-state index in [1.807, 2.05) is 6.92 Å². The maximum atomic E-state index is 10.7. The van der Waals surface area contributed by atoms with Gasteiger partial charge in [-0.25, -0.2) is 0 Å². The number of primary amides is 1. The molecular weight excluding hydrogens is 140 g/mol. The SMILES string of the molecule is CCc1cncc(C(N)=O)c1. The number of carbonyl (C=O) groups is 1. The topological polar surface area (TPSA) is 56.0 Å². The minimum atomic E-state index is -0.423. The zero-order chi connectivity index (χ0) is 8.27. The molecule has 1 amide bonds. The Bertz CT molecular complexity index is 271. The van der Waals surface area contributed by atoms with Crippen molar-refractivity contribution in [2.75, 3.05) is 0 Å². The fourth-order valence-corrected chi connectivity index (χ4v) is 0.816. The second kappa shape index (κ2) is 3.14. The third kappa shape index (κ3) is 1.77. The molecule has 11 heavy (non-hydrogen) atoms. The second-order valence-electron chi connectivity index (χ2n) is 2.30. The third-order valence-electron chi connectivity index (χ3n) is 1.49. The van der Waals surface area contributed by atoms with Crippen LogP contribution in [0.15, 0.2) is 18.5 Å². The first-order chi connectivity index (χ1) is 5.24. The Morgan fingerprint density at radius 1 is 1.64 bits per heavy atom. The average molecular weight is 150 g/mol. The molecule has 0 bridgehead atoms. The summed E-state index contributed by atoms with van der Waals surface area (Å²) >= 11 is 0. The molecule has 58 valence electrons. The summed E-state index contributed by atoms with van der Waals surface area (Å²) in [5, 5.41) is 0. The summed E-state index contributed by atoms with van der Waals surface area (Å²) in [7, 11) is 0. The van der Waals surface area contributed by atoms with Crippen molar-refractivity contribution >= 4 is 5.91 Å². The Morgan fingerprint density at radius 2 is 2.36 bits per heavy atom. The van der Waals surface area contributed by atoms with Crippen LogP contribution in [0.5, 0.6) is 0 Å². The van der Waals surface area contributed by atoms with Crippen LogP contribution in [0.1, 0.15) is 22.8 Å². The quantitative estimate of drug-likeness (QED) is 0.676. The highest BCUT2D eigenvalue weighted by molar-refractivity contribution is 5.92. The van der Waals surface area contributed by atoms with Crippen LogP contribution in [0.25, 0.3) is 0 Å². The Labute approximate surface area is 65.2 Å². The van der Waals surface area contributed by atoms with Gasteiger partial charge >= 0.3 is 0 Å². The summed E-state index contributed by atoms with van der Waals surface area (Å²) in [6.45, 7) is 2.00. The average Bonchev–Trinajstić information content (AvgIpc) is 2.05. The minimum absolute atomic E-state index is 0.423. The Hall–Kier alpha value is -1.38. The van der Waals surface area contributed by atoms with Crippen LogP contribution in [0.4, 0.5) is 0 Å². The van der Waals surface area contributed by atoms with E-state index in [2.05, 4.69) is 4.98 Å². The number of pyridine rings is 1. The van der Waals surface area contributed by atoms with Gasteiger partial charge in [-0.05, 0) is 18.1 Å². The van der Waals surface area contributed by atoms with Crippen LogP contribution in [-0.4, -0.2) is 10.9 Å². The van der Waals surface area contributed by atoms with Crippen molar-refractivity contribution in [3.8, 4) is 0 Å². The first kappa shape index (κ1) is 7.72. The molecule has 0 radical (unpaired) electrons. The number of nitrogens with two attached hydrogens (primary N) is 1. The van der Waals surface area contributed by atoms with Crippen LogP contribution in [0.3, 0.4) is 0 Å². The van der Waals surface area contributed by atoms with Gasteiger partial charge in [-0.15, -0.1) is 0 Å². The summed E-state index contributed by atoms with van der Waals surface area (Å²) < 4.78 is 0. The molecule has 1 aromatic heterocycles. The molecule has 0 aliphatic heterocycles. The summed E-state index contributed by atoms with van der Waals surface area (Å²) in [6, 6.07) is 1.76. The van der Waals surface area contributed by atoms with Gasteiger partial charge in [-0.3, -0.25) is 9.78 Å². The largest absolute Gasteiger partial charge is 0.366 e. The number of aromatic nitrogens is 1. The van der Waals surface area contributed by atoms with E-state index in [1.165, 1.54) is 6.20 Å². The number of carbonyl (C=O) groups excluding carboxylic acids is 1. The van der Waals surface area contributed by atoms with Gasteiger partial charge in [0.25, 0.3) is 0 Å². The molecule has 0 aliphatic rings. The molecule has 0 atom stereocenters. The lowest BCUT2D eigenvalue weighted by molar-refractivity contribution is 0.1000. The molecule has 3 nitrogen and oxygen atoms in total. The lowest BCUT2D eigenvalue weighted by atomic mass is 10.1. The molecule has 0 spiro atoms. The molecule has 0 unspecified atom stereocenters. The van der Waals surface area contributed by atoms with Gasteiger partial charge in [0.15, 0.2) is 0 Å². The summed E-state index contributed by atoms with van der Waals surface area (Å²) in [5.41, 5.74) is 6.56. The molecule has 2 N–H and O–H groups in total. The van der Waals surface area contributed by atoms with Crippen molar-refractivity contribution in [1.29, 1.82) is 0 Å². The maximum absolute atomic E-state index is 10.7. The number of nitrogens with zero attached hydrogens (tertiary/aromatic N) is 1. The molecule has 0 saturated heterocycles. The van der Waals surface area contributed by atoms with E-state index < -0.39 is 5.91 Å². The Balaban J connectivity index is 3.01. The highest BCUT2D eigenvalue weighted by atomic mass is 16.1. The van der Waals surface area contributed by atoms with Gasteiger partial charge < -0.3 is 5.73 Å². The van der Waals surface area contributed by atoms with E-state index >= 15 is 0 Å². The van der Waals surface area contributed by atoms with Gasteiger partial charge in [-0.2, -0.15) is 0 Å². The van der Waals surface area contributed by atoms with Crippen LogP contribution < -0.4 is 5.73 Å². The van der Waals surface area contributed by atoms with Crippen molar-refractivity contribution in [3.05, 3.63) is 29.6 Å². The third-order valence-corrected chi connectivity index (χ3v) is 1.49. The molecule has 0 saturated carbocycles. The monoisotopic (exact) mass is 150 g/mol. The van der Waals surface area contributed by atoms with Crippen molar-refractivity contribution in [2.45, 2.75) is 13.3 Å². The van der Waals surface area contributed by atoms with Crippen LogP contribution >= 0.6 is 0 Å². The van der Waals surface area contributed by atoms with Crippen molar-refractivity contribution < 1.29 is 4.79 Å². The molecule has 1 heterocycles. The molecule has 3 heteroatoms. The predicted octanol–water partition coefficient (Wildman–Crippen LogP) is 0.743. The van der Waals surface area contributed by atoms with Crippen molar-refractivity contribution in [3.63, 3.8) is 0 Å². The van der Waals surface area contributed by atoms with Crippen LogP contribution in [-0.2, 0) is 6.42 Å². The highest BCUT2D eigenvalue weighted by Gasteiger charge is 1.99. The molecule has 1 aromatic rings. The van der Waals surface area contributed by atoms with Crippen molar-refractivity contribution in [1.82, 2.24) is 4.98 Å². The van der Waals surface area contributed by atoms with E-state index in [9.17, 15) is 4.79 Å². The fraction of sp³-hybridized carbons (Fsp3) is 0.250. The zero-order valence-electron chi connectivity index (χ0n) is 6.37. The smallest absolute Gasteiger partial charge is 0.250 e. The number of aryl methyl sites for hydroxylation is 1. The molecule has 0 aliphatic carbocycles. The highest BCUT2D eigenvalue weighted by Crippen LogP contribution is 2.01. The lowest BCUT2D eigenvalue weighted by Gasteiger charge is -1.97. The number of rotatable bonds is 2. The Kier molecular flexibility index (Phi) is 2.21. The zero-order valence-corrected chi connectivity index (χ0v) is 6.37. The predicted molar refractivity (Wildman–Crippen MR) is 42.1 cm³/mol. The fourth-order valence-electron chi connectivity index (χ4n) is 0.816. The number of hydrogen-bond donors (Lipinski definition) is 1. The van der Waals surface area contributed by atoms with Gasteiger partial charge in [0.05, 0.1) is 5.56 Å². The van der Waals surface area contributed by atoms with Gasteiger partial charge in [0.2, 0.25) is 5.91 Å².